The van der Waals surface area contributed by atoms with Crippen LogP contribution in [0.3, 0.4) is 0 Å². The van der Waals surface area contributed by atoms with Gasteiger partial charge >= 0.3 is 0 Å². The molecule has 0 aliphatic heterocycles. The van der Waals surface area contributed by atoms with Crippen molar-refractivity contribution >= 4 is 23.2 Å². The van der Waals surface area contributed by atoms with Crippen LogP contribution in [0.2, 0.25) is 0 Å². The number of rotatable bonds is 11. The van der Waals surface area contributed by atoms with Crippen molar-refractivity contribution in [1.29, 1.82) is 0 Å². The molecule has 4 N–H and O–H groups in total. The molecule has 1 fully saturated rings. The first kappa shape index (κ1) is 26.7. The summed E-state index contributed by atoms with van der Waals surface area (Å²) < 4.78 is 10.5. The zero-order valence-electron chi connectivity index (χ0n) is 20.4. The summed E-state index contributed by atoms with van der Waals surface area (Å²) in [5, 5.41) is 29.1. The molecule has 11 heteroatoms. The van der Waals surface area contributed by atoms with E-state index in [1.165, 1.54) is 26.4 Å². The first-order valence-electron chi connectivity index (χ1n) is 11.8. The summed E-state index contributed by atoms with van der Waals surface area (Å²) in [4.78, 5) is 36.0. The van der Waals surface area contributed by atoms with Crippen molar-refractivity contribution in [2.24, 2.45) is 5.92 Å². The molecule has 0 bridgehead atoms. The predicted molar refractivity (Wildman–Crippen MR) is 133 cm³/mol. The molecule has 0 unspecified atom stereocenters. The maximum Gasteiger partial charge on any atom is 0.270 e. The van der Waals surface area contributed by atoms with Crippen LogP contribution in [0, 0.1) is 16.0 Å². The minimum absolute atomic E-state index is 0.0192. The van der Waals surface area contributed by atoms with Gasteiger partial charge in [0, 0.05) is 42.9 Å². The van der Waals surface area contributed by atoms with Crippen molar-refractivity contribution < 1.29 is 29.1 Å². The predicted octanol–water partition coefficient (Wildman–Crippen LogP) is 2.62. The van der Waals surface area contributed by atoms with Gasteiger partial charge < -0.3 is 30.5 Å². The van der Waals surface area contributed by atoms with E-state index in [-0.39, 0.29) is 48.8 Å². The smallest absolute Gasteiger partial charge is 0.270 e. The van der Waals surface area contributed by atoms with E-state index in [4.69, 9.17) is 14.6 Å². The standard InChI is InChI=1S/C25H32N4O7/c1-35-22-10-3-16(13-23(22)36-2)15-27-25(32)20-14-19(29(33)34)8-9-21(20)28-18-6-4-17(5-7-18)24(31)26-11-12-30/h3,8-10,13-14,17-18,28,30H,4-7,11-12,15H2,1-2H3,(H,26,31)(H,27,32). The van der Waals surface area contributed by atoms with Crippen LogP contribution in [0.15, 0.2) is 36.4 Å². The van der Waals surface area contributed by atoms with Crippen LogP contribution >= 0.6 is 0 Å². The lowest BCUT2D eigenvalue weighted by Crippen LogP contribution is -2.37. The Kier molecular flexibility index (Phi) is 9.46. The molecule has 1 saturated carbocycles. The topological polar surface area (TPSA) is 152 Å². The summed E-state index contributed by atoms with van der Waals surface area (Å²) in [6, 6.07) is 9.47. The minimum Gasteiger partial charge on any atom is -0.493 e. The minimum atomic E-state index is -0.537. The zero-order chi connectivity index (χ0) is 26.1. The Hall–Kier alpha value is -3.86. The van der Waals surface area contributed by atoms with Crippen LogP contribution in [0.1, 0.15) is 41.6 Å². The molecule has 1 aliphatic rings. The fourth-order valence-corrected chi connectivity index (χ4v) is 4.27. The summed E-state index contributed by atoms with van der Waals surface area (Å²) in [6.45, 7) is 0.330. The molecule has 2 amide bonds. The van der Waals surface area contributed by atoms with E-state index < -0.39 is 10.8 Å². The highest BCUT2D eigenvalue weighted by Gasteiger charge is 2.27. The highest BCUT2D eigenvalue weighted by molar-refractivity contribution is 6.00. The molecule has 2 aromatic rings. The summed E-state index contributed by atoms with van der Waals surface area (Å²) in [5.41, 5.74) is 1.27. The largest absolute Gasteiger partial charge is 0.493 e. The van der Waals surface area contributed by atoms with Gasteiger partial charge in [0.15, 0.2) is 11.5 Å². The molecule has 0 radical (unpaired) electrons. The Morgan fingerprint density at radius 2 is 1.75 bits per heavy atom. The number of aliphatic hydroxyl groups excluding tert-OH is 1. The highest BCUT2D eigenvalue weighted by Crippen LogP contribution is 2.30. The summed E-state index contributed by atoms with van der Waals surface area (Å²) >= 11 is 0. The molecule has 11 nitrogen and oxygen atoms in total. The van der Waals surface area contributed by atoms with Gasteiger partial charge in [-0.1, -0.05) is 6.07 Å². The first-order chi connectivity index (χ1) is 17.4. The summed E-state index contributed by atoms with van der Waals surface area (Å²) in [5.74, 6) is 0.470. The maximum atomic E-state index is 13.1. The second kappa shape index (κ2) is 12.7. The molecule has 3 rings (SSSR count). The van der Waals surface area contributed by atoms with Crippen LogP contribution in [0.4, 0.5) is 11.4 Å². The van der Waals surface area contributed by atoms with Gasteiger partial charge in [0.25, 0.3) is 11.6 Å². The number of hydrogen-bond donors (Lipinski definition) is 4. The SMILES string of the molecule is COc1ccc(CNC(=O)c2cc([N+](=O)[O-])ccc2NC2CCC(C(=O)NCCO)CC2)cc1OC. The van der Waals surface area contributed by atoms with Crippen LogP contribution in [-0.4, -0.2) is 55.3 Å². The number of anilines is 1. The molecule has 1 aliphatic carbocycles. The highest BCUT2D eigenvalue weighted by atomic mass is 16.6. The summed E-state index contributed by atoms with van der Waals surface area (Å²) in [6.07, 6.45) is 2.76. The number of nitrogens with one attached hydrogen (secondary N) is 3. The van der Waals surface area contributed by atoms with Gasteiger partial charge in [-0.15, -0.1) is 0 Å². The molecule has 0 atom stereocenters. The molecule has 0 aromatic heterocycles. The van der Waals surface area contributed by atoms with Gasteiger partial charge in [0.2, 0.25) is 5.91 Å². The molecule has 0 heterocycles. The van der Waals surface area contributed by atoms with E-state index in [2.05, 4.69) is 16.0 Å². The van der Waals surface area contributed by atoms with Gasteiger partial charge in [-0.2, -0.15) is 0 Å². The number of carbonyl (C=O) groups is 2. The first-order valence-corrected chi connectivity index (χ1v) is 11.8. The Labute approximate surface area is 209 Å². The molecule has 36 heavy (non-hydrogen) atoms. The fourth-order valence-electron chi connectivity index (χ4n) is 4.27. The van der Waals surface area contributed by atoms with E-state index >= 15 is 0 Å². The van der Waals surface area contributed by atoms with Crippen molar-refractivity contribution in [1.82, 2.24) is 10.6 Å². The van der Waals surface area contributed by atoms with Gasteiger partial charge in [-0.3, -0.25) is 19.7 Å². The number of aliphatic hydroxyl groups is 1. The van der Waals surface area contributed by atoms with E-state index in [0.29, 0.717) is 42.9 Å². The van der Waals surface area contributed by atoms with Gasteiger partial charge in [0.05, 0.1) is 31.3 Å². The average molecular weight is 501 g/mol. The van der Waals surface area contributed by atoms with Gasteiger partial charge in [-0.25, -0.2) is 0 Å². The Morgan fingerprint density at radius 1 is 1.03 bits per heavy atom. The van der Waals surface area contributed by atoms with Crippen LogP contribution < -0.4 is 25.4 Å². The number of nitrogens with zero attached hydrogens (tertiary/aromatic N) is 1. The van der Waals surface area contributed by atoms with Gasteiger partial charge in [0.1, 0.15) is 0 Å². The lowest BCUT2D eigenvalue weighted by Gasteiger charge is -2.29. The molecule has 0 spiro atoms. The number of non-ortho nitro benzene ring substituents is 1. The number of benzene rings is 2. The van der Waals surface area contributed by atoms with E-state index in [0.717, 1.165) is 5.56 Å². The number of ether oxygens (including phenoxy) is 2. The molecule has 194 valence electrons. The zero-order valence-corrected chi connectivity index (χ0v) is 20.4. The molecular formula is C25H32N4O7. The van der Waals surface area contributed by atoms with Crippen molar-refractivity contribution in [2.75, 3.05) is 32.7 Å². The number of amides is 2. The number of methoxy groups -OCH3 is 2. The Morgan fingerprint density at radius 3 is 2.39 bits per heavy atom. The van der Waals surface area contributed by atoms with Crippen molar-refractivity contribution in [3.8, 4) is 11.5 Å². The third-order valence-electron chi connectivity index (χ3n) is 6.23. The van der Waals surface area contributed by atoms with E-state index in [1.807, 2.05) is 0 Å². The fraction of sp³-hybridized carbons (Fsp3) is 0.440. The molecule has 2 aromatic carbocycles. The summed E-state index contributed by atoms with van der Waals surface area (Å²) in [7, 11) is 3.06. The second-order valence-corrected chi connectivity index (χ2v) is 8.57. The number of nitro groups is 1. The van der Waals surface area contributed by atoms with E-state index in [1.54, 1.807) is 24.3 Å². The van der Waals surface area contributed by atoms with Crippen LogP contribution in [-0.2, 0) is 11.3 Å². The molecular weight excluding hydrogens is 468 g/mol. The maximum absolute atomic E-state index is 13.1. The second-order valence-electron chi connectivity index (χ2n) is 8.57. The average Bonchev–Trinajstić information content (AvgIpc) is 2.90. The van der Waals surface area contributed by atoms with Crippen molar-refractivity contribution in [3.05, 3.63) is 57.6 Å². The third kappa shape index (κ3) is 6.85. The number of carbonyl (C=O) groups excluding carboxylic acids is 2. The monoisotopic (exact) mass is 500 g/mol. The lowest BCUT2D eigenvalue weighted by molar-refractivity contribution is -0.384. The Bertz CT molecular complexity index is 1080. The van der Waals surface area contributed by atoms with E-state index in [9.17, 15) is 19.7 Å². The van der Waals surface area contributed by atoms with Crippen molar-refractivity contribution in [2.45, 2.75) is 38.3 Å². The van der Waals surface area contributed by atoms with Crippen LogP contribution in [0.25, 0.3) is 0 Å². The quantitative estimate of drug-likeness (QED) is 0.271. The lowest BCUT2D eigenvalue weighted by atomic mass is 9.85. The third-order valence-corrected chi connectivity index (χ3v) is 6.23. The number of hydrogen-bond acceptors (Lipinski definition) is 8. The van der Waals surface area contributed by atoms with Crippen LogP contribution in [0.5, 0.6) is 11.5 Å². The Balaban J connectivity index is 1.69. The number of nitro benzene ring substituents is 1. The molecule has 0 saturated heterocycles. The normalized spacial score (nSPS) is 17.1. The van der Waals surface area contributed by atoms with Gasteiger partial charge in [-0.05, 0) is 49.4 Å². The van der Waals surface area contributed by atoms with Crippen molar-refractivity contribution in [3.63, 3.8) is 0 Å².